The van der Waals surface area contributed by atoms with Crippen molar-refractivity contribution in [1.82, 2.24) is 0 Å². The quantitative estimate of drug-likeness (QED) is 0.677. The van der Waals surface area contributed by atoms with Gasteiger partial charge < -0.3 is 0 Å². The van der Waals surface area contributed by atoms with Gasteiger partial charge in [-0.15, -0.1) is 0 Å². The molecule has 0 N–H and O–H groups in total. The van der Waals surface area contributed by atoms with Crippen LogP contribution in [0.4, 0.5) is 0 Å². The van der Waals surface area contributed by atoms with Crippen LogP contribution in [0, 0.1) is 0 Å². The van der Waals surface area contributed by atoms with Gasteiger partial charge >= 0.3 is 0 Å². The Balaban J connectivity index is 0. The summed E-state index contributed by atoms with van der Waals surface area (Å²) in [5.74, 6) is 1.25. The average Bonchev–Trinajstić information content (AvgIpc) is 1.83. The zero-order chi connectivity index (χ0) is 10.9. The summed E-state index contributed by atoms with van der Waals surface area (Å²) in [6.45, 7) is 15.5. The van der Waals surface area contributed by atoms with Gasteiger partial charge in [-0.25, -0.2) is 0 Å². The second kappa shape index (κ2) is 10.8. The molecule has 0 heterocycles. The molecule has 13 heavy (non-hydrogen) atoms. The highest BCUT2D eigenvalue weighted by atomic mass is 32.2. The van der Waals surface area contributed by atoms with E-state index < -0.39 is 0 Å². The summed E-state index contributed by atoms with van der Waals surface area (Å²) in [5.41, 5.74) is 0. The zero-order valence-corrected chi connectivity index (χ0v) is 11.9. The molecule has 0 aromatic rings. The smallest absolute Gasteiger partial charge is 0.000711 e. The fraction of sp³-hybridized carbons (Fsp3) is 1.00. The summed E-state index contributed by atoms with van der Waals surface area (Å²) in [7, 11) is 0. The van der Waals surface area contributed by atoms with Crippen LogP contribution in [0.5, 0.6) is 0 Å². The molecule has 0 saturated carbocycles. The average molecular weight is 222 g/mol. The van der Waals surface area contributed by atoms with Crippen LogP contribution in [0.25, 0.3) is 0 Å². The molecule has 0 fully saturated rings. The van der Waals surface area contributed by atoms with Crippen LogP contribution in [0.2, 0.25) is 0 Å². The van der Waals surface area contributed by atoms with E-state index in [-0.39, 0.29) is 0 Å². The standard InChI is InChI=1S/C6H14S.C5H12S/c1-5(2)7-6(3)4;1-4-6-5(2)3/h5-6H,1-4H3;5H,4H2,1-3H3. The zero-order valence-electron chi connectivity index (χ0n) is 10.3. The topological polar surface area (TPSA) is 0 Å². The second-order valence-corrected chi connectivity index (χ2v) is 7.75. The fourth-order valence-corrected chi connectivity index (χ4v) is 2.63. The first-order valence-corrected chi connectivity index (χ1v) is 7.16. The van der Waals surface area contributed by atoms with E-state index in [0.29, 0.717) is 0 Å². The Hall–Kier alpha value is 0.700. The Morgan fingerprint density at radius 2 is 1.15 bits per heavy atom. The van der Waals surface area contributed by atoms with Crippen molar-refractivity contribution < 1.29 is 0 Å². The number of hydrogen-bond acceptors (Lipinski definition) is 2. The van der Waals surface area contributed by atoms with Crippen molar-refractivity contribution in [3.63, 3.8) is 0 Å². The molecule has 0 rings (SSSR count). The molecule has 0 amide bonds. The Morgan fingerprint density at radius 1 is 0.769 bits per heavy atom. The van der Waals surface area contributed by atoms with Crippen LogP contribution in [0.1, 0.15) is 48.5 Å². The van der Waals surface area contributed by atoms with Crippen LogP contribution in [-0.4, -0.2) is 21.5 Å². The van der Waals surface area contributed by atoms with Crippen molar-refractivity contribution in [2.45, 2.75) is 64.2 Å². The summed E-state index contributed by atoms with van der Waals surface area (Å²) in [4.78, 5) is 0. The SMILES string of the molecule is CC(C)SC(C)C.CCSC(C)C. The molecule has 0 aliphatic carbocycles. The second-order valence-electron chi connectivity index (χ2n) is 3.74. The van der Waals surface area contributed by atoms with Crippen LogP contribution in [0.15, 0.2) is 0 Å². The van der Waals surface area contributed by atoms with Crippen molar-refractivity contribution in [3.8, 4) is 0 Å². The molecule has 0 atom stereocenters. The molecular formula is C11H26S2. The molecule has 0 spiro atoms. The molecule has 0 saturated heterocycles. The lowest BCUT2D eigenvalue weighted by atomic mass is 10.6. The highest BCUT2D eigenvalue weighted by molar-refractivity contribution is 8.00. The van der Waals surface area contributed by atoms with Crippen LogP contribution >= 0.6 is 23.5 Å². The Bertz CT molecular complexity index is 82.1. The molecule has 0 aliphatic heterocycles. The molecule has 0 aromatic heterocycles. The molecule has 0 nitrogen and oxygen atoms in total. The lowest BCUT2D eigenvalue weighted by molar-refractivity contribution is 1.05. The normalized spacial score (nSPS) is 10.6. The van der Waals surface area contributed by atoms with Crippen LogP contribution in [0.3, 0.4) is 0 Å². The third kappa shape index (κ3) is 24.5. The van der Waals surface area contributed by atoms with Gasteiger partial charge in [0, 0.05) is 0 Å². The van der Waals surface area contributed by atoms with E-state index in [0.717, 1.165) is 15.7 Å². The third-order valence-corrected chi connectivity index (χ3v) is 3.13. The minimum Gasteiger partial charge on any atom is -0.159 e. The van der Waals surface area contributed by atoms with E-state index in [4.69, 9.17) is 0 Å². The highest BCUT2D eigenvalue weighted by Gasteiger charge is 1.95. The minimum atomic E-state index is 0.792. The van der Waals surface area contributed by atoms with Crippen molar-refractivity contribution >= 4 is 23.5 Å². The molecule has 0 radical (unpaired) electrons. The van der Waals surface area contributed by atoms with Gasteiger partial charge in [0.1, 0.15) is 0 Å². The van der Waals surface area contributed by atoms with Gasteiger partial charge in [-0.2, -0.15) is 23.5 Å². The summed E-state index contributed by atoms with van der Waals surface area (Å²) in [5, 5.41) is 2.40. The number of thioether (sulfide) groups is 2. The predicted octanol–water partition coefficient (Wildman–Crippen LogP) is 4.68. The highest BCUT2D eigenvalue weighted by Crippen LogP contribution is 2.14. The number of rotatable bonds is 4. The van der Waals surface area contributed by atoms with Gasteiger partial charge in [-0.3, -0.25) is 0 Å². The van der Waals surface area contributed by atoms with E-state index >= 15 is 0 Å². The maximum Gasteiger partial charge on any atom is -0.000711 e. The summed E-state index contributed by atoms with van der Waals surface area (Å²) in [6.07, 6.45) is 0. The summed E-state index contributed by atoms with van der Waals surface area (Å²) >= 11 is 4.00. The van der Waals surface area contributed by atoms with E-state index in [2.05, 4.69) is 48.5 Å². The number of hydrogen-bond donors (Lipinski definition) is 0. The first kappa shape index (κ1) is 16.1. The largest absolute Gasteiger partial charge is 0.159 e. The van der Waals surface area contributed by atoms with Gasteiger partial charge in [-0.1, -0.05) is 48.5 Å². The first-order valence-electron chi connectivity index (χ1n) is 5.17. The monoisotopic (exact) mass is 222 g/mol. The van der Waals surface area contributed by atoms with E-state index in [1.807, 2.05) is 23.5 Å². The van der Waals surface area contributed by atoms with Crippen molar-refractivity contribution in [2.75, 3.05) is 5.75 Å². The molecule has 0 aliphatic rings. The molecular weight excluding hydrogens is 196 g/mol. The minimum absolute atomic E-state index is 0.792. The predicted molar refractivity (Wildman–Crippen MR) is 71.1 cm³/mol. The van der Waals surface area contributed by atoms with E-state index in [1.54, 1.807) is 0 Å². The van der Waals surface area contributed by atoms with Crippen LogP contribution < -0.4 is 0 Å². The lowest BCUT2D eigenvalue weighted by Gasteiger charge is -2.05. The first-order chi connectivity index (χ1) is 5.90. The lowest BCUT2D eigenvalue weighted by Crippen LogP contribution is -1.94. The van der Waals surface area contributed by atoms with E-state index in [1.165, 1.54) is 5.75 Å². The van der Waals surface area contributed by atoms with Gasteiger partial charge in [-0.05, 0) is 21.5 Å². The van der Waals surface area contributed by atoms with Gasteiger partial charge in [0.25, 0.3) is 0 Å². The van der Waals surface area contributed by atoms with E-state index in [9.17, 15) is 0 Å². The maximum absolute atomic E-state index is 2.23. The van der Waals surface area contributed by atoms with Crippen LogP contribution in [-0.2, 0) is 0 Å². The Morgan fingerprint density at radius 3 is 1.15 bits per heavy atom. The molecule has 0 bridgehead atoms. The van der Waals surface area contributed by atoms with Crippen molar-refractivity contribution in [1.29, 1.82) is 0 Å². The molecule has 82 valence electrons. The summed E-state index contributed by atoms with van der Waals surface area (Å²) < 4.78 is 0. The summed E-state index contributed by atoms with van der Waals surface area (Å²) in [6, 6.07) is 0. The molecule has 0 unspecified atom stereocenters. The maximum atomic E-state index is 2.23. The van der Waals surface area contributed by atoms with Gasteiger partial charge in [0.15, 0.2) is 0 Å². The molecule has 2 heteroatoms. The van der Waals surface area contributed by atoms with Crippen molar-refractivity contribution in [2.24, 2.45) is 0 Å². The third-order valence-electron chi connectivity index (χ3n) is 1.04. The Labute approximate surface area is 93.6 Å². The van der Waals surface area contributed by atoms with Crippen molar-refractivity contribution in [3.05, 3.63) is 0 Å². The Kier molecular flexibility index (Phi) is 13.4. The molecule has 0 aromatic carbocycles. The van der Waals surface area contributed by atoms with Gasteiger partial charge in [0.2, 0.25) is 0 Å². The van der Waals surface area contributed by atoms with Gasteiger partial charge in [0.05, 0.1) is 0 Å². The fourth-order valence-electron chi connectivity index (χ4n) is 0.878.